The van der Waals surface area contributed by atoms with Gasteiger partial charge in [0.2, 0.25) is 0 Å². The Morgan fingerprint density at radius 3 is 2.57 bits per heavy atom. The average Bonchev–Trinajstić information content (AvgIpc) is 2.52. The van der Waals surface area contributed by atoms with Gasteiger partial charge in [-0.3, -0.25) is 0 Å². The van der Waals surface area contributed by atoms with Gasteiger partial charge in [-0.15, -0.1) is 11.8 Å². The van der Waals surface area contributed by atoms with E-state index in [1.165, 1.54) is 31.0 Å². The molecule has 0 aliphatic rings. The van der Waals surface area contributed by atoms with Crippen molar-refractivity contribution in [2.24, 2.45) is 5.73 Å². The molecule has 1 atom stereocenters. The van der Waals surface area contributed by atoms with Gasteiger partial charge in [-0.05, 0) is 23.8 Å². The van der Waals surface area contributed by atoms with E-state index < -0.39 is 11.5 Å². The fourth-order valence-corrected chi connectivity index (χ4v) is 2.98. The minimum absolute atomic E-state index is 0.257. The van der Waals surface area contributed by atoms with E-state index >= 15 is 0 Å². The van der Waals surface area contributed by atoms with E-state index in [1.807, 2.05) is 18.2 Å². The van der Waals surface area contributed by atoms with Gasteiger partial charge in [0, 0.05) is 10.6 Å². The molecular formula is C16H16FNO2S. The number of rotatable bonds is 5. The third-order valence-corrected chi connectivity index (χ3v) is 4.29. The van der Waals surface area contributed by atoms with Gasteiger partial charge < -0.3 is 10.5 Å². The molecule has 2 aromatic rings. The molecule has 0 amide bonds. The molecule has 0 aromatic heterocycles. The topological polar surface area (TPSA) is 52.3 Å². The Balaban J connectivity index is 2.23. The Morgan fingerprint density at radius 2 is 1.95 bits per heavy atom. The van der Waals surface area contributed by atoms with Crippen molar-refractivity contribution in [3.8, 4) is 0 Å². The molecule has 2 rings (SSSR count). The van der Waals surface area contributed by atoms with E-state index in [0.717, 1.165) is 0 Å². The summed E-state index contributed by atoms with van der Waals surface area (Å²) in [6.07, 6.45) is 0. The number of benzene rings is 2. The fraction of sp³-hybridized carbons (Fsp3) is 0.188. The fourth-order valence-electron chi connectivity index (χ4n) is 1.93. The van der Waals surface area contributed by atoms with Gasteiger partial charge in [0.05, 0.1) is 7.11 Å². The zero-order chi connectivity index (χ0) is 15.3. The second-order valence-electron chi connectivity index (χ2n) is 4.58. The molecule has 0 saturated heterocycles. The van der Waals surface area contributed by atoms with Gasteiger partial charge in [-0.25, -0.2) is 9.18 Å². The lowest BCUT2D eigenvalue weighted by molar-refractivity contribution is -0.146. The largest absolute Gasteiger partial charge is 0.467 e. The van der Waals surface area contributed by atoms with E-state index in [4.69, 9.17) is 10.5 Å². The number of halogens is 1. The summed E-state index contributed by atoms with van der Waals surface area (Å²) < 4.78 is 18.0. The third kappa shape index (κ3) is 3.62. The molecule has 0 bridgehead atoms. The van der Waals surface area contributed by atoms with E-state index in [0.29, 0.717) is 10.5 Å². The first-order valence-electron chi connectivity index (χ1n) is 6.37. The highest BCUT2D eigenvalue weighted by Crippen LogP contribution is 2.29. The maximum Gasteiger partial charge on any atom is 0.331 e. The average molecular weight is 305 g/mol. The lowest BCUT2D eigenvalue weighted by atomic mass is 9.93. The van der Waals surface area contributed by atoms with Crippen LogP contribution in [0.1, 0.15) is 5.56 Å². The van der Waals surface area contributed by atoms with Crippen LogP contribution in [0.3, 0.4) is 0 Å². The summed E-state index contributed by atoms with van der Waals surface area (Å²) in [4.78, 5) is 12.8. The lowest BCUT2D eigenvalue weighted by Gasteiger charge is -2.26. The van der Waals surface area contributed by atoms with Crippen LogP contribution in [0.2, 0.25) is 0 Å². The number of thioether (sulfide) groups is 1. The molecule has 21 heavy (non-hydrogen) atoms. The summed E-state index contributed by atoms with van der Waals surface area (Å²) in [5.41, 5.74) is 5.67. The van der Waals surface area contributed by atoms with Gasteiger partial charge in [0.15, 0.2) is 0 Å². The predicted octanol–water partition coefficient (Wildman–Crippen LogP) is 2.95. The smallest absolute Gasteiger partial charge is 0.331 e. The van der Waals surface area contributed by atoms with Gasteiger partial charge >= 0.3 is 5.97 Å². The van der Waals surface area contributed by atoms with E-state index in [1.54, 1.807) is 24.3 Å². The Bertz CT molecular complexity index is 621. The predicted molar refractivity (Wildman–Crippen MR) is 81.4 cm³/mol. The zero-order valence-corrected chi connectivity index (χ0v) is 12.4. The van der Waals surface area contributed by atoms with Crippen LogP contribution in [0.15, 0.2) is 59.5 Å². The Hall–Kier alpha value is -1.85. The highest BCUT2D eigenvalue weighted by molar-refractivity contribution is 7.99. The maximum absolute atomic E-state index is 13.2. The number of hydrogen-bond donors (Lipinski definition) is 1. The molecule has 0 fully saturated rings. The minimum atomic E-state index is -1.27. The molecule has 1 unspecified atom stereocenters. The number of hydrogen-bond acceptors (Lipinski definition) is 4. The standard InChI is InChI=1S/C16H16FNO2S/c1-20-15(19)16(18,12-6-3-2-4-7-12)11-21-14-9-5-8-13(17)10-14/h2-10H,11,18H2,1H3. The van der Waals surface area contributed by atoms with E-state index in [2.05, 4.69) is 0 Å². The van der Waals surface area contributed by atoms with Crippen LogP contribution in [0.25, 0.3) is 0 Å². The monoisotopic (exact) mass is 305 g/mol. The van der Waals surface area contributed by atoms with Gasteiger partial charge in [0.1, 0.15) is 11.4 Å². The summed E-state index contributed by atoms with van der Waals surface area (Å²) in [6, 6.07) is 15.2. The molecule has 2 N–H and O–H groups in total. The van der Waals surface area contributed by atoms with Crippen LogP contribution < -0.4 is 5.73 Å². The van der Waals surface area contributed by atoms with Crippen LogP contribution in [0.4, 0.5) is 4.39 Å². The third-order valence-electron chi connectivity index (χ3n) is 3.10. The second kappa shape index (κ2) is 6.74. The maximum atomic E-state index is 13.2. The molecule has 0 heterocycles. The Morgan fingerprint density at radius 1 is 1.24 bits per heavy atom. The molecule has 5 heteroatoms. The SMILES string of the molecule is COC(=O)C(N)(CSc1cccc(F)c1)c1ccccc1. The number of nitrogens with two attached hydrogens (primary N) is 1. The van der Waals surface area contributed by atoms with Crippen molar-refractivity contribution in [3.05, 3.63) is 66.0 Å². The number of carbonyl (C=O) groups is 1. The quantitative estimate of drug-likeness (QED) is 0.681. The number of esters is 1. The molecule has 2 aromatic carbocycles. The minimum Gasteiger partial charge on any atom is -0.467 e. The van der Waals surface area contributed by atoms with Crippen molar-refractivity contribution in [1.29, 1.82) is 0 Å². The molecule has 0 aliphatic carbocycles. The molecule has 110 valence electrons. The van der Waals surface area contributed by atoms with Crippen LogP contribution in [0, 0.1) is 5.82 Å². The summed E-state index contributed by atoms with van der Waals surface area (Å²) in [5, 5.41) is 0. The molecule has 3 nitrogen and oxygen atoms in total. The van der Waals surface area contributed by atoms with Crippen molar-refractivity contribution in [2.75, 3.05) is 12.9 Å². The van der Waals surface area contributed by atoms with Crippen LogP contribution in [0.5, 0.6) is 0 Å². The second-order valence-corrected chi connectivity index (χ2v) is 5.62. The summed E-state index contributed by atoms with van der Waals surface area (Å²) >= 11 is 1.31. The molecule has 0 radical (unpaired) electrons. The number of methoxy groups -OCH3 is 1. The molecular weight excluding hydrogens is 289 g/mol. The van der Waals surface area contributed by atoms with E-state index in [9.17, 15) is 9.18 Å². The van der Waals surface area contributed by atoms with Crippen LogP contribution >= 0.6 is 11.8 Å². The van der Waals surface area contributed by atoms with Gasteiger partial charge in [-0.1, -0.05) is 36.4 Å². The van der Waals surface area contributed by atoms with Crippen molar-refractivity contribution < 1.29 is 13.9 Å². The zero-order valence-electron chi connectivity index (χ0n) is 11.6. The van der Waals surface area contributed by atoms with Gasteiger partial charge in [0.25, 0.3) is 0 Å². The van der Waals surface area contributed by atoms with Gasteiger partial charge in [-0.2, -0.15) is 0 Å². The van der Waals surface area contributed by atoms with Crippen molar-refractivity contribution in [1.82, 2.24) is 0 Å². The molecule has 0 saturated carbocycles. The van der Waals surface area contributed by atoms with Crippen molar-refractivity contribution >= 4 is 17.7 Å². The Labute approximate surface area is 127 Å². The van der Waals surface area contributed by atoms with Crippen molar-refractivity contribution in [2.45, 2.75) is 10.4 Å². The summed E-state index contributed by atoms with van der Waals surface area (Å²) in [6.45, 7) is 0. The first-order chi connectivity index (χ1) is 10.1. The lowest BCUT2D eigenvalue weighted by Crippen LogP contribution is -2.48. The summed E-state index contributed by atoms with van der Waals surface area (Å²) in [5.74, 6) is -0.578. The molecule has 0 spiro atoms. The van der Waals surface area contributed by atoms with Crippen molar-refractivity contribution in [3.63, 3.8) is 0 Å². The van der Waals surface area contributed by atoms with Crippen LogP contribution in [-0.2, 0) is 15.1 Å². The first-order valence-corrected chi connectivity index (χ1v) is 7.36. The molecule has 0 aliphatic heterocycles. The number of carbonyl (C=O) groups excluding carboxylic acids is 1. The number of ether oxygens (including phenoxy) is 1. The van der Waals surface area contributed by atoms with Crippen LogP contribution in [-0.4, -0.2) is 18.8 Å². The van der Waals surface area contributed by atoms with E-state index in [-0.39, 0.29) is 11.6 Å². The Kier molecular flexibility index (Phi) is 4.98. The highest BCUT2D eigenvalue weighted by atomic mass is 32.2. The normalized spacial score (nSPS) is 13.5. The first kappa shape index (κ1) is 15.5. The summed E-state index contributed by atoms with van der Waals surface area (Å²) in [7, 11) is 1.31. The highest BCUT2D eigenvalue weighted by Gasteiger charge is 2.37.